The third-order valence-corrected chi connectivity index (χ3v) is 8.50. The summed E-state index contributed by atoms with van der Waals surface area (Å²) in [4.78, 5) is 13.4. The zero-order valence-electron chi connectivity index (χ0n) is 24.1. The second-order valence-electron chi connectivity index (χ2n) is 10.5. The van der Waals surface area contributed by atoms with E-state index in [-0.39, 0.29) is 38.3 Å². The maximum Gasteiger partial charge on any atom is 0.310 e. The number of fused-ring (bicyclic) bond motifs is 3. The molecule has 13 heteroatoms. The third kappa shape index (κ3) is 5.38. The minimum Gasteiger partial charge on any atom is -0.493 e. The highest BCUT2D eigenvalue weighted by Crippen LogP contribution is 2.56. The number of methoxy groups -OCH3 is 3. The van der Waals surface area contributed by atoms with E-state index >= 15 is 0 Å². The molecule has 0 radical (unpaired) electrons. The van der Waals surface area contributed by atoms with Crippen LogP contribution in [0.15, 0.2) is 53.2 Å². The van der Waals surface area contributed by atoms with Gasteiger partial charge in [-0.15, -0.1) is 4.40 Å². The number of cyclic esters (lactones) is 1. The largest absolute Gasteiger partial charge is 0.493 e. The van der Waals surface area contributed by atoms with Crippen LogP contribution < -0.4 is 23.7 Å². The molecule has 0 spiro atoms. The number of aromatic nitrogens is 1. The van der Waals surface area contributed by atoms with Crippen molar-refractivity contribution < 1.29 is 46.4 Å². The average Bonchev–Trinajstić information content (AvgIpc) is 3.76. The van der Waals surface area contributed by atoms with E-state index in [2.05, 4.69) is 4.40 Å². The summed E-state index contributed by atoms with van der Waals surface area (Å²) in [5.41, 5.74) is 2.42. The molecule has 3 heterocycles. The molecule has 0 saturated carbocycles. The van der Waals surface area contributed by atoms with Crippen molar-refractivity contribution in [2.75, 3.05) is 47.6 Å². The molecule has 1 aliphatic carbocycles. The Labute approximate surface area is 249 Å². The summed E-state index contributed by atoms with van der Waals surface area (Å²) >= 11 is 0. The number of carbonyl (C=O) groups excluding carboxylic acids is 1. The van der Waals surface area contributed by atoms with E-state index in [1.165, 1.54) is 7.11 Å². The molecular formula is C30H32N2O10S. The molecule has 1 fully saturated rings. The summed E-state index contributed by atoms with van der Waals surface area (Å²) < 4.78 is 70.0. The fourth-order valence-corrected chi connectivity index (χ4v) is 6.77. The molecule has 0 bridgehead atoms. The Balaban J connectivity index is 1.42. The highest BCUT2D eigenvalue weighted by Gasteiger charge is 2.53. The first-order valence-corrected chi connectivity index (χ1v) is 15.5. The van der Waals surface area contributed by atoms with Gasteiger partial charge < -0.3 is 37.7 Å². The zero-order valence-corrected chi connectivity index (χ0v) is 25.0. The van der Waals surface area contributed by atoms with Crippen LogP contribution in [0, 0.1) is 11.8 Å². The third-order valence-electron chi connectivity index (χ3n) is 7.96. The highest BCUT2D eigenvalue weighted by molar-refractivity contribution is 7.89. The van der Waals surface area contributed by atoms with Crippen LogP contribution in [0.4, 0.5) is 0 Å². The van der Waals surface area contributed by atoms with E-state index in [9.17, 15) is 13.2 Å². The van der Waals surface area contributed by atoms with Gasteiger partial charge in [0, 0.05) is 30.7 Å². The first-order valence-electron chi connectivity index (χ1n) is 13.7. The predicted molar refractivity (Wildman–Crippen MR) is 154 cm³/mol. The lowest BCUT2D eigenvalue weighted by Gasteiger charge is -2.39. The summed E-state index contributed by atoms with van der Waals surface area (Å²) in [6.45, 7) is 0.373. The van der Waals surface area contributed by atoms with Crippen LogP contribution in [0.1, 0.15) is 35.1 Å². The van der Waals surface area contributed by atoms with E-state index in [0.717, 1.165) is 22.9 Å². The SMILES string of the molecule is COc1cc([C@@H]2c3cc4c(cc3[C@@H](OCC/C(=N/S(C)(=O)=O)n3cccc3)[C@H]3COC(=O)[C@H]23)OCO4)cc(OC)c1OC. The number of hydrogen-bond donors (Lipinski definition) is 0. The number of carbonyl (C=O) groups is 1. The van der Waals surface area contributed by atoms with Crippen molar-refractivity contribution in [2.24, 2.45) is 16.2 Å². The van der Waals surface area contributed by atoms with Gasteiger partial charge >= 0.3 is 5.97 Å². The lowest BCUT2D eigenvalue weighted by molar-refractivity contribution is -0.141. The van der Waals surface area contributed by atoms with Crippen LogP contribution in [0.2, 0.25) is 0 Å². The normalized spacial score (nSPS) is 22.5. The van der Waals surface area contributed by atoms with E-state index in [4.69, 9.17) is 33.2 Å². The summed E-state index contributed by atoms with van der Waals surface area (Å²) in [6, 6.07) is 11.0. The molecule has 228 valence electrons. The van der Waals surface area contributed by atoms with Crippen molar-refractivity contribution in [1.29, 1.82) is 0 Å². The first-order chi connectivity index (χ1) is 20.7. The van der Waals surface area contributed by atoms with Gasteiger partial charge in [0.1, 0.15) is 5.84 Å². The number of esters is 1. The fraction of sp³-hybridized carbons (Fsp3) is 0.400. The lowest BCUT2D eigenvalue weighted by Crippen LogP contribution is -2.36. The summed E-state index contributed by atoms with van der Waals surface area (Å²) in [5, 5.41) is 0. The van der Waals surface area contributed by atoms with E-state index in [0.29, 0.717) is 34.6 Å². The Morgan fingerprint density at radius 1 is 0.953 bits per heavy atom. The average molecular weight is 613 g/mol. The van der Waals surface area contributed by atoms with Crippen LogP contribution in [-0.2, 0) is 24.3 Å². The molecule has 12 nitrogen and oxygen atoms in total. The standard InChI is InChI=1S/C30H32N2O10S/c1-36-23-11-17(12-24(37-2)29(23)38-3)26-18-13-21-22(42-16-41-21)14-19(18)28(20-15-40-30(33)27(20)26)39-10-7-25(31-43(4,34)35)32-8-5-6-9-32/h5-6,8-9,11-14,20,26-28H,7,10,15-16H2,1-4H3/b31-25-/t20-,26+,27-,28+/m0/s1. The topological polar surface area (TPSA) is 133 Å². The number of sulfonamides is 1. The van der Waals surface area contributed by atoms with Crippen LogP contribution in [0.3, 0.4) is 0 Å². The smallest absolute Gasteiger partial charge is 0.310 e. The quantitative estimate of drug-likeness (QED) is 0.201. The maximum atomic E-state index is 13.4. The number of ether oxygens (including phenoxy) is 7. The zero-order chi connectivity index (χ0) is 30.3. The maximum absolute atomic E-state index is 13.4. The molecule has 3 aliphatic rings. The van der Waals surface area contributed by atoms with Gasteiger partial charge in [-0.1, -0.05) is 0 Å². The van der Waals surface area contributed by atoms with Gasteiger partial charge in [0.2, 0.25) is 12.5 Å². The Bertz CT molecular complexity index is 1640. The first kappa shape index (κ1) is 28.9. The van der Waals surface area contributed by atoms with Crippen molar-refractivity contribution in [3.05, 3.63) is 65.5 Å². The lowest BCUT2D eigenvalue weighted by atomic mass is 9.66. The molecule has 0 unspecified atom stereocenters. The molecule has 2 aliphatic heterocycles. The Hall–Kier alpha value is -4.23. The number of rotatable bonds is 9. The Morgan fingerprint density at radius 3 is 2.21 bits per heavy atom. The van der Waals surface area contributed by atoms with Gasteiger partial charge in [-0.3, -0.25) is 4.79 Å². The molecule has 6 rings (SSSR count). The molecule has 3 aromatic rings. The molecule has 0 amide bonds. The van der Waals surface area contributed by atoms with Crippen molar-refractivity contribution in [3.63, 3.8) is 0 Å². The monoisotopic (exact) mass is 612 g/mol. The van der Waals surface area contributed by atoms with E-state index in [1.54, 1.807) is 43.3 Å². The Kier molecular flexibility index (Phi) is 7.69. The van der Waals surface area contributed by atoms with Crippen molar-refractivity contribution in [1.82, 2.24) is 4.57 Å². The minimum absolute atomic E-state index is 0.0791. The Morgan fingerprint density at radius 2 is 1.60 bits per heavy atom. The highest BCUT2D eigenvalue weighted by atomic mass is 32.2. The van der Waals surface area contributed by atoms with Crippen LogP contribution in [-0.4, -0.2) is 72.4 Å². The van der Waals surface area contributed by atoms with Gasteiger partial charge in [0.05, 0.1) is 52.8 Å². The van der Waals surface area contributed by atoms with Crippen molar-refractivity contribution in [2.45, 2.75) is 18.4 Å². The van der Waals surface area contributed by atoms with Crippen LogP contribution in [0.5, 0.6) is 28.7 Å². The van der Waals surface area contributed by atoms with Crippen molar-refractivity contribution >= 4 is 21.8 Å². The number of benzene rings is 2. The summed E-state index contributed by atoms with van der Waals surface area (Å²) in [7, 11) is 0.966. The molecule has 1 saturated heterocycles. The summed E-state index contributed by atoms with van der Waals surface area (Å²) in [6.07, 6.45) is 4.15. The van der Waals surface area contributed by atoms with Crippen molar-refractivity contribution in [3.8, 4) is 28.7 Å². The molecule has 1 aromatic heterocycles. The fourth-order valence-electron chi connectivity index (χ4n) is 6.20. The van der Waals surface area contributed by atoms with Crippen LogP contribution in [0.25, 0.3) is 0 Å². The molecule has 2 aromatic carbocycles. The minimum atomic E-state index is -3.65. The molecular weight excluding hydrogens is 580 g/mol. The second-order valence-corrected chi connectivity index (χ2v) is 12.1. The number of hydrogen-bond acceptors (Lipinski definition) is 10. The molecule has 43 heavy (non-hydrogen) atoms. The van der Waals surface area contributed by atoms with Gasteiger partial charge in [0.15, 0.2) is 23.0 Å². The van der Waals surface area contributed by atoms with E-state index < -0.39 is 28.0 Å². The van der Waals surface area contributed by atoms with Gasteiger partial charge in [-0.2, -0.15) is 0 Å². The van der Waals surface area contributed by atoms with Gasteiger partial charge in [-0.05, 0) is 53.1 Å². The van der Waals surface area contributed by atoms with Crippen LogP contribution >= 0.6 is 0 Å². The summed E-state index contributed by atoms with van der Waals surface area (Å²) in [5.74, 6) is 1.11. The number of nitrogens with zero attached hydrogens (tertiary/aromatic N) is 2. The second kappa shape index (κ2) is 11.5. The van der Waals surface area contributed by atoms with Gasteiger partial charge in [-0.25, -0.2) is 8.42 Å². The molecule has 0 N–H and O–H groups in total. The predicted octanol–water partition coefficient (Wildman–Crippen LogP) is 3.53. The van der Waals surface area contributed by atoms with E-state index in [1.807, 2.05) is 24.3 Å². The van der Waals surface area contributed by atoms with Gasteiger partial charge in [0.25, 0.3) is 10.0 Å². The molecule has 4 atom stereocenters.